The monoisotopic (exact) mass is 358 g/mol. The van der Waals surface area contributed by atoms with E-state index >= 15 is 0 Å². The lowest BCUT2D eigenvalue weighted by Gasteiger charge is -2.23. The van der Waals surface area contributed by atoms with E-state index in [9.17, 15) is 4.79 Å². The first-order valence-corrected chi connectivity index (χ1v) is 8.46. The van der Waals surface area contributed by atoms with E-state index in [1.54, 1.807) is 32.4 Å². The van der Waals surface area contributed by atoms with Gasteiger partial charge in [-0.05, 0) is 35.7 Å². The van der Waals surface area contributed by atoms with Crippen LogP contribution in [0.15, 0.2) is 36.4 Å². The zero-order valence-corrected chi connectivity index (χ0v) is 16.0. The quantitative estimate of drug-likeness (QED) is 0.521. The van der Waals surface area contributed by atoms with Crippen LogP contribution in [0.25, 0.3) is 0 Å². The van der Waals surface area contributed by atoms with Gasteiger partial charge in [0, 0.05) is 11.6 Å². The van der Waals surface area contributed by atoms with Gasteiger partial charge in [0.2, 0.25) is 0 Å². The smallest absolute Gasteiger partial charge is 0.153 e. The van der Waals surface area contributed by atoms with Crippen molar-refractivity contribution in [1.82, 2.24) is 0 Å². The molecule has 0 bridgehead atoms. The van der Waals surface area contributed by atoms with Crippen LogP contribution in [0.5, 0.6) is 23.0 Å². The van der Waals surface area contributed by atoms with Crippen LogP contribution in [0.3, 0.4) is 0 Å². The molecule has 2 aromatic carbocycles. The number of methoxy groups -OCH3 is 2. The second-order valence-electron chi connectivity index (χ2n) is 6.83. The highest BCUT2D eigenvalue weighted by Crippen LogP contribution is 2.34. The largest absolute Gasteiger partial charge is 0.497 e. The second-order valence-corrected chi connectivity index (χ2v) is 6.83. The average molecular weight is 358 g/mol. The second kappa shape index (κ2) is 8.61. The van der Waals surface area contributed by atoms with Gasteiger partial charge in [0.25, 0.3) is 0 Å². The lowest BCUT2D eigenvalue weighted by atomic mass is 9.86. The van der Waals surface area contributed by atoms with Gasteiger partial charge in [-0.25, -0.2) is 0 Å². The van der Waals surface area contributed by atoms with Crippen molar-refractivity contribution in [2.45, 2.75) is 26.2 Å². The van der Waals surface area contributed by atoms with Gasteiger partial charge in [-0.15, -0.1) is 0 Å². The van der Waals surface area contributed by atoms with Gasteiger partial charge in [-0.3, -0.25) is 4.79 Å². The maximum Gasteiger partial charge on any atom is 0.153 e. The molecule has 0 saturated carbocycles. The molecule has 26 heavy (non-hydrogen) atoms. The fourth-order valence-electron chi connectivity index (χ4n) is 2.52. The third-order valence-electron chi connectivity index (χ3n) is 3.94. The van der Waals surface area contributed by atoms with E-state index in [0.717, 1.165) is 23.3 Å². The first kappa shape index (κ1) is 19.6. The molecule has 0 unspecified atom stereocenters. The molecule has 0 N–H and O–H groups in total. The zero-order chi connectivity index (χ0) is 19.2. The Morgan fingerprint density at radius 3 is 2.00 bits per heavy atom. The number of hydrogen-bond donors (Lipinski definition) is 0. The van der Waals surface area contributed by atoms with E-state index in [0.29, 0.717) is 30.3 Å². The molecule has 140 valence electrons. The third-order valence-corrected chi connectivity index (χ3v) is 3.94. The van der Waals surface area contributed by atoms with Crippen LogP contribution in [0.2, 0.25) is 0 Å². The normalized spacial score (nSPS) is 11.0. The first-order valence-electron chi connectivity index (χ1n) is 8.46. The van der Waals surface area contributed by atoms with Crippen molar-refractivity contribution in [3.8, 4) is 23.0 Å². The standard InChI is InChI=1S/C21H26O5/c1-21(2,3)18-12-16(23-4)8-9-19(18)25-10-11-26-20-13-17(24-5)7-6-15(20)14-22/h6-9,12-14H,10-11H2,1-5H3. The van der Waals surface area contributed by atoms with E-state index in [1.165, 1.54) is 0 Å². The maximum atomic E-state index is 11.1. The summed E-state index contributed by atoms with van der Waals surface area (Å²) in [5.41, 5.74) is 1.46. The molecule has 0 amide bonds. The summed E-state index contributed by atoms with van der Waals surface area (Å²) in [5, 5.41) is 0. The van der Waals surface area contributed by atoms with Crippen LogP contribution in [0, 0.1) is 0 Å². The van der Waals surface area contributed by atoms with Crippen LogP contribution in [0.1, 0.15) is 36.7 Å². The topological polar surface area (TPSA) is 54.0 Å². The Balaban J connectivity index is 2.04. The van der Waals surface area contributed by atoms with E-state index in [-0.39, 0.29) is 5.41 Å². The molecule has 0 saturated heterocycles. The van der Waals surface area contributed by atoms with Crippen LogP contribution in [0.4, 0.5) is 0 Å². The van der Waals surface area contributed by atoms with E-state index in [2.05, 4.69) is 20.8 Å². The average Bonchev–Trinajstić information content (AvgIpc) is 2.64. The lowest BCUT2D eigenvalue weighted by Crippen LogP contribution is -2.16. The molecular formula is C21H26O5. The molecule has 0 aromatic heterocycles. The van der Waals surface area contributed by atoms with Crippen molar-refractivity contribution in [2.24, 2.45) is 0 Å². The summed E-state index contributed by atoms with van der Waals surface area (Å²) in [6.45, 7) is 7.03. The predicted molar refractivity (Wildman–Crippen MR) is 101 cm³/mol. The van der Waals surface area contributed by atoms with Crippen LogP contribution < -0.4 is 18.9 Å². The Morgan fingerprint density at radius 1 is 0.846 bits per heavy atom. The summed E-state index contributed by atoms with van der Waals surface area (Å²) in [5.74, 6) is 2.71. The number of carbonyl (C=O) groups is 1. The minimum atomic E-state index is -0.0811. The van der Waals surface area contributed by atoms with Crippen LogP contribution in [-0.2, 0) is 5.41 Å². The van der Waals surface area contributed by atoms with Crippen molar-refractivity contribution in [1.29, 1.82) is 0 Å². The molecule has 0 aliphatic rings. The SMILES string of the molecule is COc1ccc(C=O)c(OCCOc2ccc(OC)cc2C(C)(C)C)c1. The fraction of sp³-hybridized carbons (Fsp3) is 0.381. The van der Waals surface area contributed by atoms with Crippen molar-refractivity contribution < 1.29 is 23.7 Å². The maximum absolute atomic E-state index is 11.1. The molecule has 0 aliphatic heterocycles. The van der Waals surface area contributed by atoms with E-state index in [1.807, 2.05) is 18.2 Å². The van der Waals surface area contributed by atoms with Crippen molar-refractivity contribution in [2.75, 3.05) is 27.4 Å². The summed E-state index contributed by atoms with van der Waals surface area (Å²) in [4.78, 5) is 11.1. The van der Waals surface area contributed by atoms with Gasteiger partial charge >= 0.3 is 0 Å². The molecule has 0 aliphatic carbocycles. The molecule has 0 atom stereocenters. The molecule has 5 heteroatoms. The van der Waals surface area contributed by atoms with Crippen LogP contribution >= 0.6 is 0 Å². The van der Waals surface area contributed by atoms with E-state index in [4.69, 9.17) is 18.9 Å². The van der Waals surface area contributed by atoms with Crippen molar-refractivity contribution >= 4 is 6.29 Å². The summed E-state index contributed by atoms with van der Waals surface area (Å²) in [6, 6.07) is 10.9. The molecular weight excluding hydrogens is 332 g/mol. The zero-order valence-electron chi connectivity index (χ0n) is 16.0. The molecule has 0 fully saturated rings. The van der Waals surface area contributed by atoms with E-state index < -0.39 is 0 Å². The van der Waals surface area contributed by atoms with Gasteiger partial charge < -0.3 is 18.9 Å². The van der Waals surface area contributed by atoms with Gasteiger partial charge in [-0.2, -0.15) is 0 Å². The van der Waals surface area contributed by atoms with Crippen molar-refractivity contribution in [3.05, 3.63) is 47.5 Å². The number of rotatable bonds is 8. The van der Waals surface area contributed by atoms with Gasteiger partial charge in [0.05, 0.1) is 19.8 Å². The highest BCUT2D eigenvalue weighted by Gasteiger charge is 2.20. The number of ether oxygens (including phenoxy) is 4. The summed E-state index contributed by atoms with van der Waals surface area (Å²) in [7, 11) is 3.22. The summed E-state index contributed by atoms with van der Waals surface area (Å²) >= 11 is 0. The Morgan fingerprint density at radius 2 is 1.42 bits per heavy atom. The minimum Gasteiger partial charge on any atom is -0.497 e. The molecule has 0 radical (unpaired) electrons. The Bertz CT molecular complexity index is 747. The highest BCUT2D eigenvalue weighted by molar-refractivity contribution is 5.79. The number of aldehydes is 1. The Labute approximate surface area is 154 Å². The number of benzene rings is 2. The number of carbonyl (C=O) groups excluding carboxylic acids is 1. The van der Waals surface area contributed by atoms with Crippen molar-refractivity contribution in [3.63, 3.8) is 0 Å². The molecule has 0 heterocycles. The Kier molecular flexibility index (Phi) is 6.50. The molecule has 5 nitrogen and oxygen atoms in total. The highest BCUT2D eigenvalue weighted by atomic mass is 16.5. The third kappa shape index (κ3) is 4.91. The minimum absolute atomic E-state index is 0.0811. The van der Waals surface area contributed by atoms with Gasteiger partial charge in [0.1, 0.15) is 36.2 Å². The van der Waals surface area contributed by atoms with Crippen LogP contribution in [-0.4, -0.2) is 33.7 Å². The Hall–Kier alpha value is -2.69. The molecule has 2 aromatic rings. The molecule has 0 spiro atoms. The first-order chi connectivity index (χ1) is 12.4. The number of hydrogen-bond acceptors (Lipinski definition) is 5. The fourth-order valence-corrected chi connectivity index (χ4v) is 2.52. The van der Waals surface area contributed by atoms with Gasteiger partial charge in [0.15, 0.2) is 6.29 Å². The lowest BCUT2D eigenvalue weighted by molar-refractivity contribution is 0.111. The molecule has 2 rings (SSSR count). The predicted octanol–water partition coefficient (Wildman–Crippen LogP) is 4.27. The summed E-state index contributed by atoms with van der Waals surface area (Å²) < 4.78 is 22.1. The van der Waals surface area contributed by atoms with Gasteiger partial charge in [-0.1, -0.05) is 20.8 Å². The summed E-state index contributed by atoms with van der Waals surface area (Å²) in [6.07, 6.45) is 0.761.